The van der Waals surface area contributed by atoms with Crippen molar-refractivity contribution in [3.05, 3.63) is 29.2 Å². The fraction of sp³-hybridized carbons (Fsp3) is 0.400. The lowest BCUT2D eigenvalue weighted by atomic mass is 10.0. The second kappa shape index (κ2) is 4.82. The highest BCUT2D eigenvalue weighted by molar-refractivity contribution is 6.12. The second-order valence-corrected chi connectivity index (χ2v) is 5.63. The second-order valence-electron chi connectivity index (χ2n) is 5.63. The van der Waals surface area contributed by atoms with Crippen LogP contribution < -0.4 is 0 Å². The SMILES string of the molecule is CN(C)Cc1c(C(=O)C2CO2)c2cc(O)c(F)cc2n1C. The zero-order valence-electron chi connectivity index (χ0n) is 12.2. The van der Waals surface area contributed by atoms with E-state index in [1.165, 1.54) is 12.1 Å². The topological polar surface area (TPSA) is 58.0 Å². The number of Topliss-reactive ketones (excluding diaryl/α,β-unsaturated/α-hetero) is 1. The number of benzene rings is 1. The van der Waals surface area contributed by atoms with Gasteiger partial charge >= 0.3 is 0 Å². The third-order valence-electron chi connectivity index (χ3n) is 3.73. The summed E-state index contributed by atoms with van der Waals surface area (Å²) < 4.78 is 20.5. The van der Waals surface area contributed by atoms with Crippen LogP contribution in [0.25, 0.3) is 10.9 Å². The molecule has 1 fully saturated rings. The van der Waals surface area contributed by atoms with E-state index in [2.05, 4.69) is 0 Å². The van der Waals surface area contributed by atoms with Crippen LogP contribution in [0.5, 0.6) is 5.75 Å². The van der Waals surface area contributed by atoms with Crippen molar-refractivity contribution in [1.29, 1.82) is 0 Å². The monoisotopic (exact) mass is 292 g/mol. The van der Waals surface area contributed by atoms with Crippen LogP contribution in [0.2, 0.25) is 0 Å². The molecule has 2 heterocycles. The molecule has 112 valence electrons. The number of ether oxygens (including phenoxy) is 1. The molecule has 5 nitrogen and oxygen atoms in total. The lowest BCUT2D eigenvalue weighted by Crippen LogP contribution is -2.18. The van der Waals surface area contributed by atoms with Gasteiger partial charge in [-0.05, 0) is 20.2 Å². The zero-order chi connectivity index (χ0) is 15.3. The molecule has 0 saturated carbocycles. The van der Waals surface area contributed by atoms with Gasteiger partial charge < -0.3 is 19.3 Å². The Balaban J connectivity index is 2.28. The van der Waals surface area contributed by atoms with E-state index in [4.69, 9.17) is 4.74 Å². The Morgan fingerprint density at radius 3 is 2.76 bits per heavy atom. The predicted molar refractivity (Wildman–Crippen MR) is 76.0 cm³/mol. The highest BCUT2D eigenvalue weighted by Gasteiger charge is 2.36. The maximum absolute atomic E-state index is 13.6. The van der Waals surface area contributed by atoms with Crippen molar-refractivity contribution in [2.24, 2.45) is 7.05 Å². The van der Waals surface area contributed by atoms with Gasteiger partial charge in [0.1, 0.15) is 6.10 Å². The van der Waals surface area contributed by atoms with Crippen molar-refractivity contribution in [3.8, 4) is 5.75 Å². The Morgan fingerprint density at radius 2 is 2.19 bits per heavy atom. The van der Waals surface area contributed by atoms with Crippen LogP contribution in [-0.2, 0) is 18.3 Å². The van der Waals surface area contributed by atoms with E-state index < -0.39 is 17.7 Å². The van der Waals surface area contributed by atoms with Gasteiger partial charge in [-0.15, -0.1) is 0 Å². The number of phenols is 1. The van der Waals surface area contributed by atoms with E-state index >= 15 is 0 Å². The standard InChI is InChI=1S/C15H17FN2O3/c1-17(2)6-11-14(15(20)13-7-21-13)8-4-12(19)9(16)5-10(8)18(11)3/h4-5,13,19H,6-7H2,1-3H3. The first kappa shape index (κ1) is 14.0. The van der Waals surface area contributed by atoms with Gasteiger partial charge in [0.05, 0.1) is 17.7 Å². The zero-order valence-corrected chi connectivity index (χ0v) is 12.2. The number of hydrogen-bond acceptors (Lipinski definition) is 4. The van der Waals surface area contributed by atoms with Gasteiger partial charge in [-0.1, -0.05) is 0 Å². The molecular formula is C15H17FN2O3. The first-order valence-electron chi connectivity index (χ1n) is 6.70. The van der Waals surface area contributed by atoms with Gasteiger partial charge in [0, 0.05) is 30.7 Å². The van der Waals surface area contributed by atoms with Gasteiger partial charge in [-0.25, -0.2) is 4.39 Å². The number of phenolic OH excluding ortho intramolecular Hbond substituents is 1. The Labute approximate surface area is 121 Å². The van der Waals surface area contributed by atoms with Crippen LogP contribution in [0, 0.1) is 5.82 Å². The summed E-state index contributed by atoms with van der Waals surface area (Å²) in [5.41, 5.74) is 1.89. The average molecular weight is 292 g/mol. The molecule has 3 rings (SSSR count). The summed E-state index contributed by atoms with van der Waals surface area (Å²) in [6, 6.07) is 2.58. The quantitative estimate of drug-likeness (QED) is 0.688. The molecule has 0 radical (unpaired) electrons. The number of aromatic hydroxyl groups is 1. The molecule has 6 heteroatoms. The van der Waals surface area contributed by atoms with Crippen molar-refractivity contribution in [3.63, 3.8) is 0 Å². The maximum Gasteiger partial charge on any atom is 0.196 e. The molecular weight excluding hydrogens is 275 g/mol. The number of epoxide rings is 1. The van der Waals surface area contributed by atoms with Gasteiger partial charge in [-0.2, -0.15) is 0 Å². The first-order chi connectivity index (χ1) is 9.90. The Morgan fingerprint density at radius 1 is 1.52 bits per heavy atom. The summed E-state index contributed by atoms with van der Waals surface area (Å²) in [6.07, 6.45) is -0.413. The first-order valence-corrected chi connectivity index (χ1v) is 6.70. The molecule has 1 saturated heterocycles. The van der Waals surface area contributed by atoms with E-state index in [-0.39, 0.29) is 5.78 Å². The molecule has 2 aromatic rings. The van der Waals surface area contributed by atoms with Gasteiger partial charge in [-0.3, -0.25) is 4.79 Å². The van der Waals surface area contributed by atoms with Crippen LogP contribution in [0.15, 0.2) is 12.1 Å². The maximum atomic E-state index is 13.6. The summed E-state index contributed by atoms with van der Waals surface area (Å²) in [5, 5.41) is 10.2. The lowest BCUT2D eigenvalue weighted by Gasteiger charge is -2.12. The lowest BCUT2D eigenvalue weighted by molar-refractivity contribution is 0.0953. The summed E-state index contributed by atoms with van der Waals surface area (Å²) in [5.74, 6) is -1.25. The number of halogens is 1. The summed E-state index contributed by atoms with van der Waals surface area (Å²) in [6.45, 7) is 0.963. The third-order valence-corrected chi connectivity index (χ3v) is 3.73. The largest absolute Gasteiger partial charge is 0.505 e. The number of hydrogen-bond donors (Lipinski definition) is 1. The smallest absolute Gasteiger partial charge is 0.196 e. The fourth-order valence-corrected chi connectivity index (χ4v) is 2.62. The molecule has 21 heavy (non-hydrogen) atoms. The van der Waals surface area contributed by atoms with E-state index in [0.717, 1.165) is 5.69 Å². The highest BCUT2D eigenvalue weighted by Crippen LogP contribution is 2.33. The number of aryl methyl sites for hydroxylation is 1. The molecule has 1 aliphatic rings. The molecule has 1 aromatic heterocycles. The molecule has 0 aliphatic carbocycles. The predicted octanol–water partition coefficient (Wildman–Crippen LogP) is 1.67. The van der Waals surface area contributed by atoms with E-state index in [0.29, 0.717) is 29.6 Å². The summed E-state index contributed by atoms with van der Waals surface area (Å²) in [4.78, 5) is 14.4. The Bertz CT molecular complexity index is 732. The Kier molecular flexibility index (Phi) is 3.22. The third kappa shape index (κ3) is 2.30. The van der Waals surface area contributed by atoms with Crippen molar-refractivity contribution in [2.45, 2.75) is 12.6 Å². The summed E-state index contributed by atoms with van der Waals surface area (Å²) in [7, 11) is 5.59. The molecule has 0 bridgehead atoms. The van der Waals surface area contributed by atoms with Crippen molar-refractivity contribution < 1.29 is 19.0 Å². The number of ketones is 1. The van der Waals surface area contributed by atoms with Crippen LogP contribution in [0.1, 0.15) is 16.1 Å². The molecule has 0 spiro atoms. The molecule has 1 aliphatic heterocycles. The number of aromatic nitrogens is 1. The number of rotatable bonds is 4. The van der Waals surface area contributed by atoms with Crippen LogP contribution in [0.3, 0.4) is 0 Å². The normalized spacial score (nSPS) is 17.7. The van der Waals surface area contributed by atoms with Crippen LogP contribution in [0.4, 0.5) is 4.39 Å². The van der Waals surface area contributed by atoms with E-state index in [1.54, 1.807) is 11.6 Å². The minimum atomic E-state index is -0.693. The number of carbonyl (C=O) groups excluding carboxylic acids is 1. The number of nitrogens with zero attached hydrogens (tertiary/aromatic N) is 2. The Hall–Kier alpha value is -1.92. The molecule has 1 aromatic carbocycles. The van der Waals surface area contributed by atoms with Crippen molar-refractivity contribution in [1.82, 2.24) is 9.47 Å². The average Bonchev–Trinajstić information content (AvgIpc) is 3.21. The number of carbonyl (C=O) groups is 1. The van der Waals surface area contributed by atoms with Gasteiger partial charge in [0.2, 0.25) is 0 Å². The van der Waals surface area contributed by atoms with E-state index in [9.17, 15) is 14.3 Å². The van der Waals surface area contributed by atoms with Gasteiger partial charge in [0.25, 0.3) is 0 Å². The van der Waals surface area contributed by atoms with Crippen LogP contribution in [-0.4, -0.2) is 47.2 Å². The molecule has 1 N–H and O–H groups in total. The minimum Gasteiger partial charge on any atom is -0.505 e. The molecule has 1 unspecified atom stereocenters. The molecule has 1 atom stereocenters. The van der Waals surface area contributed by atoms with Gasteiger partial charge in [0.15, 0.2) is 17.3 Å². The minimum absolute atomic E-state index is 0.108. The molecule has 0 amide bonds. The summed E-state index contributed by atoms with van der Waals surface area (Å²) >= 11 is 0. The fourth-order valence-electron chi connectivity index (χ4n) is 2.62. The van der Waals surface area contributed by atoms with Crippen LogP contribution >= 0.6 is 0 Å². The highest BCUT2D eigenvalue weighted by atomic mass is 19.1. The number of fused-ring (bicyclic) bond motifs is 1. The van der Waals surface area contributed by atoms with E-state index in [1.807, 2.05) is 19.0 Å². The van der Waals surface area contributed by atoms with Crippen molar-refractivity contribution in [2.75, 3.05) is 20.7 Å². The van der Waals surface area contributed by atoms with Crippen molar-refractivity contribution >= 4 is 16.7 Å².